The molecule has 0 saturated carbocycles. The molecule has 3 rings (SSSR count). The highest BCUT2D eigenvalue weighted by Gasteiger charge is 2.25. The molecule has 1 heterocycles. The van der Waals surface area contributed by atoms with E-state index in [0.29, 0.717) is 22.9 Å². The van der Waals surface area contributed by atoms with E-state index in [9.17, 15) is 9.59 Å². The van der Waals surface area contributed by atoms with Crippen LogP contribution in [0.3, 0.4) is 0 Å². The smallest absolute Gasteiger partial charge is 0.339 e. The summed E-state index contributed by atoms with van der Waals surface area (Å²) in [6.45, 7) is 3.73. The number of nitrogens with zero attached hydrogens (tertiary/aromatic N) is 1. The summed E-state index contributed by atoms with van der Waals surface area (Å²) in [5, 5.41) is 3.72. The Morgan fingerprint density at radius 3 is 2.84 bits per heavy atom. The summed E-state index contributed by atoms with van der Waals surface area (Å²) in [6.07, 6.45) is 1.72. The Hall–Kier alpha value is -2.40. The van der Waals surface area contributed by atoms with Crippen LogP contribution < -0.4 is 5.32 Å². The first kappa shape index (κ1) is 17.4. The lowest BCUT2D eigenvalue weighted by Crippen LogP contribution is -2.28. The number of aryl methyl sites for hydroxylation is 2. The third-order valence-electron chi connectivity index (χ3n) is 4.30. The van der Waals surface area contributed by atoms with Gasteiger partial charge in [0, 0.05) is 5.02 Å². The molecule has 0 saturated heterocycles. The number of hydrogen-bond donors (Lipinski definition) is 1. The predicted octanol–water partition coefficient (Wildman–Crippen LogP) is 3.64. The van der Waals surface area contributed by atoms with Gasteiger partial charge in [0.1, 0.15) is 5.69 Å². The summed E-state index contributed by atoms with van der Waals surface area (Å²) in [4.78, 5) is 28.6. The molecular formula is C19H19ClN2O3. The van der Waals surface area contributed by atoms with Gasteiger partial charge in [0.15, 0.2) is 0 Å². The van der Waals surface area contributed by atoms with Crippen molar-refractivity contribution in [2.75, 3.05) is 6.61 Å². The minimum atomic E-state index is -0.430. The molecule has 0 radical (unpaired) electrons. The molecule has 2 aromatic rings. The second-order valence-electron chi connectivity index (χ2n) is 5.96. The zero-order chi connectivity index (χ0) is 18.0. The maximum atomic E-state index is 12.5. The van der Waals surface area contributed by atoms with Crippen LogP contribution in [0.5, 0.6) is 0 Å². The zero-order valence-electron chi connectivity index (χ0n) is 14.1. The summed E-state index contributed by atoms with van der Waals surface area (Å²) < 4.78 is 4.98. The quantitative estimate of drug-likeness (QED) is 0.847. The van der Waals surface area contributed by atoms with Crippen LogP contribution in [0, 0.1) is 6.92 Å². The molecule has 130 valence electrons. The molecule has 0 fully saturated rings. The molecule has 1 aliphatic rings. The minimum Gasteiger partial charge on any atom is -0.462 e. The molecule has 1 aromatic heterocycles. The van der Waals surface area contributed by atoms with Gasteiger partial charge in [-0.1, -0.05) is 17.7 Å². The predicted molar refractivity (Wildman–Crippen MR) is 94.9 cm³/mol. The third-order valence-corrected chi connectivity index (χ3v) is 4.54. The molecule has 1 atom stereocenters. The fourth-order valence-corrected chi connectivity index (χ4v) is 3.28. The van der Waals surface area contributed by atoms with Gasteiger partial charge in [0.05, 0.1) is 23.9 Å². The number of carbonyl (C=O) groups is 2. The van der Waals surface area contributed by atoms with Gasteiger partial charge in [-0.2, -0.15) is 0 Å². The van der Waals surface area contributed by atoms with E-state index in [-0.39, 0.29) is 17.6 Å². The van der Waals surface area contributed by atoms with Crippen molar-refractivity contribution in [1.82, 2.24) is 10.3 Å². The van der Waals surface area contributed by atoms with Gasteiger partial charge in [-0.25, -0.2) is 9.78 Å². The van der Waals surface area contributed by atoms with Gasteiger partial charge in [0.25, 0.3) is 5.91 Å². The number of aromatic nitrogens is 1. The number of nitrogens with one attached hydrogen (secondary N) is 1. The lowest BCUT2D eigenvalue weighted by atomic mass is 10.1. The van der Waals surface area contributed by atoms with E-state index < -0.39 is 5.97 Å². The molecule has 1 aromatic carbocycles. The molecule has 25 heavy (non-hydrogen) atoms. The van der Waals surface area contributed by atoms with Gasteiger partial charge < -0.3 is 10.1 Å². The van der Waals surface area contributed by atoms with Gasteiger partial charge >= 0.3 is 5.97 Å². The molecule has 5 nitrogen and oxygen atoms in total. The van der Waals surface area contributed by atoms with E-state index >= 15 is 0 Å². The molecular weight excluding hydrogens is 340 g/mol. The van der Waals surface area contributed by atoms with Crippen LogP contribution in [0.15, 0.2) is 30.3 Å². The number of amides is 1. The van der Waals surface area contributed by atoms with Gasteiger partial charge in [-0.15, -0.1) is 0 Å². The Morgan fingerprint density at radius 2 is 2.12 bits per heavy atom. The second-order valence-corrected chi connectivity index (χ2v) is 6.39. The number of halogens is 1. The largest absolute Gasteiger partial charge is 0.462 e. The highest BCUT2D eigenvalue weighted by Crippen LogP contribution is 2.33. The Kier molecular flexibility index (Phi) is 5.04. The Bertz CT molecular complexity index is 835. The first-order valence-electron chi connectivity index (χ1n) is 8.23. The summed E-state index contributed by atoms with van der Waals surface area (Å²) in [5.41, 5.74) is 3.40. The summed E-state index contributed by atoms with van der Waals surface area (Å²) >= 11 is 6.02. The van der Waals surface area contributed by atoms with Crippen molar-refractivity contribution in [2.45, 2.75) is 32.7 Å². The fourth-order valence-electron chi connectivity index (χ4n) is 3.08. The number of esters is 1. The van der Waals surface area contributed by atoms with E-state index in [2.05, 4.69) is 10.3 Å². The number of fused-ring (bicyclic) bond motifs is 1. The van der Waals surface area contributed by atoms with Crippen LogP contribution in [0.2, 0.25) is 5.02 Å². The minimum absolute atomic E-state index is 0.0494. The van der Waals surface area contributed by atoms with Crippen molar-refractivity contribution >= 4 is 23.5 Å². The lowest BCUT2D eigenvalue weighted by molar-refractivity contribution is 0.0524. The van der Waals surface area contributed by atoms with Crippen LogP contribution in [0.4, 0.5) is 0 Å². The van der Waals surface area contributed by atoms with Crippen molar-refractivity contribution < 1.29 is 14.3 Å². The van der Waals surface area contributed by atoms with Crippen LogP contribution in [0.1, 0.15) is 57.1 Å². The molecule has 1 N–H and O–H groups in total. The highest BCUT2D eigenvalue weighted by atomic mass is 35.5. The van der Waals surface area contributed by atoms with E-state index in [1.165, 1.54) is 5.56 Å². The van der Waals surface area contributed by atoms with Crippen molar-refractivity contribution in [1.29, 1.82) is 0 Å². The molecule has 0 aliphatic heterocycles. The molecule has 0 bridgehead atoms. The summed E-state index contributed by atoms with van der Waals surface area (Å²) in [6, 6.07) is 8.81. The number of carbonyl (C=O) groups excluding carboxylic acids is 2. The van der Waals surface area contributed by atoms with Crippen LogP contribution in [-0.4, -0.2) is 23.5 Å². The van der Waals surface area contributed by atoms with Gasteiger partial charge in [-0.3, -0.25) is 4.79 Å². The molecule has 1 aliphatic carbocycles. The first-order valence-corrected chi connectivity index (χ1v) is 8.61. The van der Waals surface area contributed by atoms with E-state index in [1.807, 2.05) is 18.2 Å². The zero-order valence-corrected chi connectivity index (χ0v) is 14.9. The van der Waals surface area contributed by atoms with Crippen LogP contribution >= 0.6 is 11.6 Å². The SMILES string of the molecule is CCOC(=O)c1ccc(C(=O)NC2CCc3cc(Cl)ccc32)nc1C. The Labute approximate surface area is 151 Å². The normalized spacial score (nSPS) is 15.6. The average Bonchev–Trinajstić information content (AvgIpc) is 2.96. The number of ether oxygens (including phenoxy) is 1. The topological polar surface area (TPSA) is 68.3 Å². The Morgan fingerprint density at radius 1 is 1.32 bits per heavy atom. The first-order chi connectivity index (χ1) is 12.0. The number of rotatable bonds is 4. The maximum Gasteiger partial charge on any atom is 0.339 e. The van der Waals surface area contributed by atoms with Crippen molar-refractivity contribution in [3.63, 3.8) is 0 Å². The molecule has 0 spiro atoms. The third kappa shape index (κ3) is 3.66. The standard InChI is InChI=1S/C19H19ClN2O3/c1-3-25-19(24)14-7-9-17(21-11(14)2)18(23)22-16-8-4-12-10-13(20)5-6-15(12)16/h5-7,9-10,16H,3-4,8H2,1-2H3,(H,22,23). The van der Waals surface area contributed by atoms with Gasteiger partial charge in [0.2, 0.25) is 0 Å². The molecule has 1 unspecified atom stereocenters. The van der Waals surface area contributed by atoms with E-state index in [4.69, 9.17) is 16.3 Å². The number of pyridine rings is 1. The summed E-state index contributed by atoms with van der Waals surface area (Å²) in [7, 11) is 0. The second kappa shape index (κ2) is 7.23. The maximum absolute atomic E-state index is 12.5. The van der Waals surface area contributed by atoms with E-state index in [0.717, 1.165) is 18.4 Å². The van der Waals surface area contributed by atoms with Crippen molar-refractivity contribution in [3.05, 3.63) is 63.4 Å². The van der Waals surface area contributed by atoms with Gasteiger partial charge in [-0.05, 0) is 62.1 Å². The molecule has 6 heteroatoms. The van der Waals surface area contributed by atoms with Crippen LogP contribution in [-0.2, 0) is 11.2 Å². The highest BCUT2D eigenvalue weighted by molar-refractivity contribution is 6.30. The fraction of sp³-hybridized carbons (Fsp3) is 0.316. The summed E-state index contributed by atoms with van der Waals surface area (Å²) in [5.74, 6) is -0.688. The number of hydrogen-bond acceptors (Lipinski definition) is 4. The Balaban J connectivity index is 1.75. The monoisotopic (exact) mass is 358 g/mol. The van der Waals surface area contributed by atoms with E-state index in [1.54, 1.807) is 26.0 Å². The molecule has 1 amide bonds. The van der Waals surface area contributed by atoms with Crippen LogP contribution in [0.25, 0.3) is 0 Å². The lowest BCUT2D eigenvalue weighted by Gasteiger charge is -2.14. The number of benzene rings is 1. The van der Waals surface area contributed by atoms with Crippen molar-refractivity contribution in [3.8, 4) is 0 Å². The average molecular weight is 359 g/mol. The van der Waals surface area contributed by atoms with Crippen molar-refractivity contribution in [2.24, 2.45) is 0 Å².